The van der Waals surface area contributed by atoms with Gasteiger partial charge in [-0.05, 0) is 68.3 Å². The summed E-state index contributed by atoms with van der Waals surface area (Å²) in [6.45, 7) is 8.28. The third-order valence-electron chi connectivity index (χ3n) is 6.08. The summed E-state index contributed by atoms with van der Waals surface area (Å²) in [5.41, 5.74) is 12.4. The normalized spacial score (nSPS) is 16.9. The number of nitrogens with one attached hydrogen (secondary N) is 1. The highest BCUT2D eigenvalue weighted by Gasteiger charge is 2.34. The number of aryl methyl sites for hydroxylation is 1. The van der Waals surface area contributed by atoms with Crippen molar-refractivity contribution in [3.8, 4) is 23.1 Å². The van der Waals surface area contributed by atoms with Gasteiger partial charge >= 0.3 is 0 Å². The fourth-order valence-electron chi connectivity index (χ4n) is 4.54. The molecule has 0 fully saturated rings. The number of fused-ring (bicyclic) bond motifs is 1. The van der Waals surface area contributed by atoms with Crippen LogP contribution in [0.1, 0.15) is 43.9 Å². The third kappa shape index (κ3) is 4.90. The number of nitrogens with two attached hydrogens (primary N) is 1. The number of nitrogens with zero attached hydrogens (tertiary/aromatic N) is 3. The van der Waals surface area contributed by atoms with Crippen molar-refractivity contribution in [1.82, 2.24) is 9.78 Å². The Labute approximate surface area is 201 Å². The summed E-state index contributed by atoms with van der Waals surface area (Å²) in [6.07, 6.45) is 2.93. The summed E-state index contributed by atoms with van der Waals surface area (Å²) in [5.74, 6) is 6.02. The molecule has 0 unspecified atom stereocenters. The van der Waals surface area contributed by atoms with Gasteiger partial charge in [0, 0.05) is 48.2 Å². The maximum Gasteiger partial charge on any atom is 0.231 e. The van der Waals surface area contributed by atoms with Crippen LogP contribution in [0.5, 0.6) is 0 Å². The van der Waals surface area contributed by atoms with Gasteiger partial charge < -0.3 is 16.0 Å². The second-order valence-electron chi connectivity index (χ2n) is 8.88. The van der Waals surface area contributed by atoms with Crippen LogP contribution in [0.2, 0.25) is 0 Å². The monoisotopic (exact) mass is 453 g/mol. The van der Waals surface area contributed by atoms with Crippen LogP contribution >= 0.6 is 0 Å². The second kappa shape index (κ2) is 9.98. The smallest absolute Gasteiger partial charge is 0.231 e. The molecule has 6 heteroatoms. The van der Waals surface area contributed by atoms with Crippen LogP contribution in [-0.2, 0) is 11.8 Å². The van der Waals surface area contributed by atoms with E-state index >= 15 is 0 Å². The number of rotatable bonds is 5. The summed E-state index contributed by atoms with van der Waals surface area (Å²) >= 11 is 0. The molecular formula is C28H31N5O. The van der Waals surface area contributed by atoms with E-state index in [0.29, 0.717) is 13.0 Å². The third-order valence-corrected chi connectivity index (χ3v) is 6.08. The summed E-state index contributed by atoms with van der Waals surface area (Å²) < 4.78 is 1.86. The Kier molecular flexibility index (Phi) is 6.85. The molecule has 2 heterocycles. The highest BCUT2D eigenvalue weighted by atomic mass is 16.2. The lowest BCUT2D eigenvalue weighted by molar-refractivity contribution is -0.118. The molecule has 0 radical (unpaired) electrons. The number of amides is 1. The lowest BCUT2D eigenvalue weighted by Gasteiger charge is -2.40. The van der Waals surface area contributed by atoms with Gasteiger partial charge in [-0.25, -0.2) is 0 Å². The number of hydrogen-bond donors (Lipinski definition) is 2. The van der Waals surface area contributed by atoms with Crippen LogP contribution in [0, 0.1) is 11.8 Å². The van der Waals surface area contributed by atoms with Crippen molar-refractivity contribution in [3.63, 3.8) is 0 Å². The van der Waals surface area contributed by atoms with E-state index < -0.39 is 0 Å². The van der Waals surface area contributed by atoms with Crippen molar-refractivity contribution >= 4 is 17.3 Å². The molecule has 34 heavy (non-hydrogen) atoms. The minimum Gasteiger partial charge on any atom is -0.378 e. The van der Waals surface area contributed by atoms with E-state index in [1.165, 1.54) is 0 Å². The van der Waals surface area contributed by atoms with E-state index in [1.54, 1.807) is 6.20 Å². The van der Waals surface area contributed by atoms with Gasteiger partial charge in [-0.2, -0.15) is 5.10 Å². The second-order valence-corrected chi connectivity index (χ2v) is 8.88. The maximum atomic E-state index is 13.1. The first-order valence-electron chi connectivity index (χ1n) is 11.5. The highest BCUT2D eigenvalue weighted by molar-refractivity contribution is 5.97. The van der Waals surface area contributed by atoms with E-state index in [9.17, 15) is 4.79 Å². The van der Waals surface area contributed by atoms with Crippen molar-refractivity contribution in [2.75, 3.05) is 16.8 Å². The summed E-state index contributed by atoms with van der Waals surface area (Å²) in [4.78, 5) is 15.1. The SMILES string of the molecule is C=C(C)CC(=O)N1c2ccc(-c3ccnn3C)cc2[C@H](Nc2ccc(C#CCN)cc2)C[C@@H]1C. The average molecular weight is 454 g/mol. The van der Waals surface area contributed by atoms with Gasteiger partial charge in [0.15, 0.2) is 0 Å². The molecule has 1 aromatic heterocycles. The van der Waals surface area contributed by atoms with Gasteiger partial charge in [-0.3, -0.25) is 9.48 Å². The van der Waals surface area contributed by atoms with Crippen LogP contribution in [-0.4, -0.2) is 28.3 Å². The molecule has 0 bridgehead atoms. The Morgan fingerprint density at radius 2 is 2.00 bits per heavy atom. The van der Waals surface area contributed by atoms with Crippen molar-refractivity contribution in [3.05, 3.63) is 78.0 Å². The van der Waals surface area contributed by atoms with Crippen molar-refractivity contribution in [1.29, 1.82) is 0 Å². The zero-order chi connectivity index (χ0) is 24.2. The van der Waals surface area contributed by atoms with Crippen LogP contribution in [0.25, 0.3) is 11.3 Å². The van der Waals surface area contributed by atoms with Gasteiger partial charge in [0.25, 0.3) is 0 Å². The van der Waals surface area contributed by atoms with Crippen molar-refractivity contribution in [2.45, 2.75) is 38.8 Å². The largest absolute Gasteiger partial charge is 0.378 e. The first-order valence-corrected chi connectivity index (χ1v) is 11.5. The molecule has 6 nitrogen and oxygen atoms in total. The van der Waals surface area contributed by atoms with E-state index in [-0.39, 0.29) is 18.0 Å². The molecule has 1 aliphatic rings. The molecule has 3 N–H and O–H groups in total. The highest BCUT2D eigenvalue weighted by Crippen LogP contribution is 2.41. The molecule has 0 spiro atoms. The fraction of sp³-hybridized carbons (Fsp3) is 0.286. The topological polar surface area (TPSA) is 76.2 Å². The van der Waals surface area contributed by atoms with Crippen LogP contribution in [0.4, 0.5) is 11.4 Å². The minimum atomic E-state index is 0.0491. The quantitative estimate of drug-likeness (QED) is 0.436. The molecule has 0 saturated carbocycles. The summed E-state index contributed by atoms with van der Waals surface area (Å²) in [7, 11) is 1.93. The molecule has 0 saturated heterocycles. The minimum absolute atomic E-state index is 0.0491. The first-order chi connectivity index (χ1) is 16.4. The number of aromatic nitrogens is 2. The number of benzene rings is 2. The molecule has 3 aromatic rings. The predicted octanol–water partition coefficient (Wildman–Crippen LogP) is 4.64. The standard InChI is InChI=1S/C28H31N5O/c1-19(2)16-28(34)33-20(3)17-25(31-23-10-7-21(8-11-23)6-5-14-29)24-18-22(9-12-27(24)33)26-13-15-30-32(26)4/h7-13,15,18,20,25,31H,1,14,16-17,29H2,2-4H3/t20-,25+/m0/s1. The molecule has 2 atom stereocenters. The molecule has 174 valence electrons. The Balaban J connectivity index is 1.72. The average Bonchev–Trinajstić information content (AvgIpc) is 3.23. The predicted molar refractivity (Wildman–Crippen MR) is 138 cm³/mol. The molecule has 0 aliphatic carbocycles. The van der Waals surface area contributed by atoms with E-state index in [0.717, 1.165) is 45.8 Å². The Morgan fingerprint density at radius 1 is 1.24 bits per heavy atom. The number of carbonyl (C=O) groups is 1. The Hall–Kier alpha value is -3.82. The summed E-state index contributed by atoms with van der Waals surface area (Å²) in [6, 6.07) is 16.5. The zero-order valence-electron chi connectivity index (χ0n) is 20.0. The van der Waals surface area contributed by atoms with Crippen molar-refractivity contribution in [2.24, 2.45) is 12.8 Å². The molecule has 4 rings (SSSR count). The lowest BCUT2D eigenvalue weighted by Crippen LogP contribution is -2.44. The maximum absolute atomic E-state index is 13.1. The fourth-order valence-corrected chi connectivity index (χ4v) is 4.54. The van der Waals surface area contributed by atoms with E-state index in [2.05, 4.69) is 54.0 Å². The Bertz CT molecular complexity index is 1260. The van der Waals surface area contributed by atoms with Gasteiger partial charge in [0.1, 0.15) is 0 Å². The first kappa shape index (κ1) is 23.3. The molecule has 1 amide bonds. The van der Waals surface area contributed by atoms with Gasteiger partial charge in [-0.15, -0.1) is 0 Å². The van der Waals surface area contributed by atoms with Gasteiger partial charge in [0.05, 0.1) is 18.3 Å². The van der Waals surface area contributed by atoms with Crippen LogP contribution in [0.15, 0.2) is 66.9 Å². The number of hydrogen-bond acceptors (Lipinski definition) is 4. The molecule has 2 aromatic carbocycles. The lowest BCUT2D eigenvalue weighted by atomic mass is 9.89. The van der Waals surface area contributed by atoms with E-state index in [1.807, 2.05) is 53.9 Å². The van der Waals surface area contributed by atoms with Gasteiger partial charge in [0.2, 0.25) is 5.91 Å². The van der Waals surface area contributed by atoms with Crippen molar-refractivity contribution < 1.29 is 4.79 Å². The zero-order valence-corrected chi connectivity index (χ0v) is 20.0. The summed E-state index contributed by atoms with van der Waals surface area (Å²) in [5, 5.41) is 8.00. The Morgan fingerprint density at radius 3 is 2.65 bits per heavy atom. The number of carbonyl (C=O) groups excluding carboxylic acids is 1. The van der Waals surface area contributed by atoms with E-state index in [4.69, 9.17) is 5.73 Å². The molecule has 1 aliphatic heterocycles. The van der Waals surface area contributed by atoms with Crippen LogP contribution in [0.3, 0.4) is 0 Å². The van der Waals surface area contributed by atoms with Crippen LogP contribution < -0.4 is 16.0 Å². The number of anilines is 2. The molecular weight excluding hydrogens is 422 g/mol. The van der Waals surface area contributed by atoms with Gasteiger partial charge in [-0.1, -0.05) is 30.1 Å².